The van der Waals surface area contributed by atoms with Crippen LogP contribution in [0.2, 0.25) is 0 Å². The Labute approximate surface area is 235 Å². The minimum Gasteiger partial charge on any atom is -0.494 e. The van der Waals surface area contributed by atoms with E-state index in [4.69, 9.17) is 28.4 Å². The van der Waals surface area contributed by atoms with Crippen molar-refractivity contribution in [1.82, 2.24) is 0 Å². The van der Waals surface area contributed by atoms with Gasteiger partial charge in [-0.15, -0.1) is 0 Å². The molecule has 0 unspecified atom stereocenters. The Morgan fingerprint density at radius 1 is 0.500 bits per heavy atom. The van der Waals surface area contributed by atoms with Gasteiger partial charge in [0.25, 0.3) is 0 Å². The highest BCUT2D eigenvalue weighted by Gasteiger charge is 2.09. The van der Waals surface area contributed by atoms with Crippen LogP contribution in [0.15, 0.2) is 73.8 Å². The lowest BCUT2D eigenvalue weighted by atomic mass is 10.2. The van der Waals surface area contributed by atoms with Crippen molar-refractivity contribution in [2.45, 2.75) is 51.4 Å². The molecule has 9 nitrogen and oxygen atoms in total. The molecule has 40 heavy (non-hydrogen) atoms. The van der Waals surface area contributed by atoms with Gasteiger partial charge >= 0.3 is 18.1 Å². The standard InChI is InChI=1S/C31H38O9/c1-3-29(32)37-23-11-7-5-9-21-35-25-13-17-27(18-14-25)39-31(34)40-28-19-15-26(16-20-28)36-22-10-6-8-12-24-38-30(33)4-2/h3-4,13-20H,1-2,5-12,21-24H2. The maximum atomic E-state index is 12.1. The predicted molar refractivity (Wildman–Crippen MR) is 150 cm³/mol. The van der Waals surface area contributed by atoms with E-state index in [9.17, 15) is 14.4 Å². The number of hydrogen-bond acceptors (Lipinski definition) is 9. The zero-order valence-electron chi connectivity index (χ0n) is 22.8. The van der Waals surface area contributed by atoms with Crippen molar-refractivity contribution in [3.8, 4) is 23.0 Å². The maximum absolute atomic E-state index is 12.1. The van der Waals surface area contributed by atoms with Gasteiger partial charge in [-0.1, -0.05) is 13.2 Å². The summed E-state index contributed by atoms with van der Waals surface area (Å²) in [6, 6.07) is 13.4. The van der Waals surface area contributed by atoms with E-state index in [2.05, 4.69) is 13.2 Å². The molecule has 2 aromatic carbocycles. The van der Waals surface area contributed by atoms with Crippen LogP contribution in [0.1, 0.15) is 51.4 Å². The van der Waals surface area contributed by atoms with E-state index in [1.54, 1.807) is 48.5 Å². The van der Waals surface area contributed by atoms with Crippen LogP contribution in [-0.2, 0) is 19.1 Å². The first-order chi connectivity index (χ1) is 19.5. The molecule has 0 aliphatic heterocycles. The molecule has 0 aliphatic carbocycles. The van der Waals surface area contributed by atoms with Gasteiger partial charge in [0.2, 0.25) is 0 Å². The van der Waals surface area contributed by atoms with E-state index in [0.717, 1.165) is 63.5 Å². The van der Waals surface area contributed by atoms with Crippen molar-refractivity contribution < 1.29 is 42.8 Å². The SMILES string of the molecule is C=CC(=O)OCCCCCCOc1ccc(OC(=O)Oc2ccc(OCCCCCCOC(=O)C=C)cc2)cc1. The van der Waals surface area contributed by atoms with Gasteiger partial charge in [0.05, 0.1) is 26.4 Å². The van der Waals surface area contributed by atoms with E-state index in [-0.39, 0.29) is 0 Å². The van der Waals surface area contributed by atoms with Gasteiger partial charge in [0.1, 0.15) is 23.0 Å². The number of ether oxygens (including phenoxy) is 6. The lowest BCUT2D eigenvalue weighted by molar-refractivity contribution is -0.138. The molecule has 0 N–H and O–H groups in total. The summed E-state index contributed by atoms with van der Waals surface area (Å²) in [5.74, 6) is 1.23. The zero-order valence-corrected chi connectivity index (χ0v) is 22.8. The molecule has 2 aromatic rings. The number of carbonyl (C=O) groups excluding carboxylic acids is 3. The molecular formula is C31H38O9. The summed E-state index contributed by atoms with van der Waals surface area (Å²) in [7, 11) is 0. The van der Waals surface area contributed by atoms with Crippen LogP contribution in [0.3, 0.4) is 0 Å². The summed E-state index contributed by atoms with van der Waals surface area (Å²) in [5, 5.41) is 0. The highest BCUT2D eigenvalue weighted by Crippen LogP contribution is 2.21. The fourth-order valence-corrected chi connectivity index (χ4v) is 3.38. The first-order valence-corrected chi connectivity index (χ1v) is 13.4. The second-order valence-electron chi connectivity index (χ2n) is 8.67. The van der Waals surface area contributed by atoms with E-state index in [0.29, 0.717) is 49.4 Å². The van der Waals surface area contributed by atoms with E-state index in [1.807, 2.05) is 0 Å². The van der Waals surface area contributed by atoms with Crippen molar-refractivity contribution in [3.63, 3.8) is 0 Å². The van der Waals surface area contributed by atoms with Crippen molar-refractivity contribution in [3.05, 3.63) is 73.8 Å². The number of benzene rings is 2. The average molecular weight is 555 g/mol. The Morgan fingerprint density at radius 2 is 0.825 bits per heavy atom. The first-order valence-electron chi connectivity index (χ1n) is 13.4. The Balaban J connectivity index is 1.55. The molecule has 0 atom stereocenters. The Morgan fingerprint density at radius 3 is 1.18 bits per heavy atom. The third-order valence-corrected chi connectivity index (χ3v) is 5.49. The highest BCUT2D eigenvalue weighted by atomic mass is 16.7. The maximum Gasteiger partial charge on any atom is 0.519 e. The first kappa shape index (κ1) is 31.9. The molecule has 0 saturated carbocycles. The molecule has 0 saturated heterocycles. The number of esters is 2. The molecule has 2 rings (SSSR count). The van der Waals surface area contributed by atoms with Crippen LogP contribution in [0.5, 0.6) is 23.0 Å². The number of carbonyl (C=O) groups is 3. The highest BCUT2D eigenvalue weighted by molar-refractivity contribution is 5.81. The summed E-state index contributed by atoms with van der Waals surface area (Å²) in [5.41, 5.74) is 0. The van der Waals surface area contributed by atoms with Gasteiger partial charge in [-0.25, -0.2) is 14.4 Å². The van der Waals surface area contributed by atoms with Gasteiger partial charge in [0.15, 0.2) is 0 Å². The van der Waals surface area contributed by atoms with Crippen LogP contribution in [-0.4, -0.2) is 44.5 Å². The summed E-state index contributed by atoms with van der Waals surface area (Å²) in [4.78, 5) is 34.0. The van der Waals surface area contributed by atoms with E-state index >= 15 is 0 Å². The van der Waals surface area contributed by atoms with Gasteiger partial charge in [-0.05, 0) is 99.9 Å². The van der Waals surface area contributed by atoms with Crippen LogP contribution < -0.4 is 18.9 Å². The van der Waals surface area contributed by atoms with Gasteiger partial charge in [-0.3, -0.25) is 0 Å². The fraction of sp³-hybridized carbons (Fsp3) is 0.387. The topological polar surface area (TPSA) is 107 Å². The molecular weight excluding hydrogens is 516 g/mol. The summed E-state index contributed by atoms with van der Waals surface area (Å²) < 4.78 is 31.7. The molecule has 0 spiro atoms. The molecule has 0 amide bonds. The van der Waals surface area contributed by atoms with Gasteiger partial charge < -0.3 is 28.4 Å². The summed E-state index contributed by atoms with van der Waals surface area (Å²) >= 11 is 0. The van der Waals surface area contributed by atoms with Crippen LogP contribution in [0, 0.1) is 0 Å². The van der Waals surface area contributed by atoms with Crippen molar-refractivity contribution in [2.24, 2.45) is 0 Å². The van der Waals surface area contributed by atoms with Crippen molar-refractivity contribution in [1.29, 1.82) is 0 Å². The van der Waals surface area contributed by atoms with Gasteiger partial charge in [-0.2, -0.15) is 0 Å². The Kier molecular flexibility index (Phi) is 15.8. The predicted octanol–water partition coefficient (Wildman–Crippen LogP) is 6.60. The van der Waals surface area contributed by atoms with E-state index in [1.165, 1.54) is 0 Å². The van der Waals surface area contributed by atoms with Gasteiger partial charge in [0, 0.05) is 12.2 Å². The zero-order chi connectivity index (χ0) is 28.8. The third-order valence-electron chi connectivity index (χ3n) is 5.49. The molecule has 0 heterocycles. The lowest BCUT2D eigenvalue weighted by Crippen LogP contribution is -2.13. The number of hydrogen-bond donors (Lipinski definition) is 0. The number of rotatable bonds is 20. The fourth-order valence-electron chi connectivity index (χ4n) is 3.38. The monoisotopic (exact) mass is 554 g/mol. The minimum atomic E-state index is -0.847. The van der Waals surface area contributed by atoms with Crippen LogP contribution in [0.25, 0.3) is 0 Å². The molecule has 0 aliphatic rings. The molecule has 0 fully saturated rings. The quantitative estimate of drug-likeness (QED) is 0.0774. The molecule has 0 aromatic heterocycles. The smallest absolute Gasteiger partial charge is 0.494 e. The van der Waals surface area contributed by atoms with Crippen molar-refractivity contribution >= 4 is 18.1 Å². The second-order valence-corrected chi connectivity index (χ2v) is 8.67. The normalized spacial score (nSPS) is 10.2. The minimum absolute atomic E-state index is 0.338. The second kappa shape index (κ2) is 19.7. The molecule has 0 radical (unpaired) electrons. The third kappa shape index (κ3) is 14.6. The van der Waals surface area contributed by atoms with Crippen LogP contribution in [0.4, 0.5) is 4.79 Å². The molecule has 0 bridgehead atoms. The molecule has 216 valence electrons. The van der Waals surface area contributed by atoms with E-state index < -0.39 is 18.1 Å². The Bertz CT molecular complexity index is 962. The largest absolute Gasteiger partial charge is 0.519 e. The number of unbranched alkanes of at least 4 members (excludes halogenated alkanes) is 6. The average Bonchev–Trinajstić information content (AvgIpc) is 2.97. The molecule has 9 heteroatoms. The van der Waals surface area contributed by atoms with Crippen molar-refractivity contribution in [2.75, 3.05) is 26.4 Å². The Hall–Kier alpha value is -4.27. The van der Waals surface area contributed by atoms with Crippen LogP contribution >= 0.6 is 0 Å². The summed E-state index contributed by atoms with van der Waals surface area (Å²) in [6.07, 6.45) is 8.64. The summed E-state index contributed by atoms with van der Waals surface area (Å²) in [6.45, 7) is 8.62. The lowest BCUT2D eigenvalue weighted by Gasteiger charge is -2.09.